The van der Waals surface area contributed by atoms with Crippen molar-refractivity contribution in [3.8, 4) is 5.75 Å². The van der Waals surface area contributed by atoms with Gasteiger partial charge in [0.05, 0.1) is 12.8 Å². The summed E-state index contributed by atoms with van der Waals surface area (Å²) in [4.78, 5) is 20.9. The second-order valence-electron chi connectivity index (χ2n) is 5.98. The fourth-order valence-corrected chi connectivity index (χ4v) is 2.67. The molecule has 0 aliphatic carbocycles. The molecule has 0 saturated heterocycles. The molecular weight excluding hydrogens is 364 g/mol. The Morgan fingerprint density at radius 3 is 2.56 bits per heavy atom. The van der Waals surface area contributed by atoms with Crippen LogP contribution in [0.3, 0.4) is 0 Å². The molecule has 0 atom stereocenters. The lowest BCUT2D eigenvalue weighted by Crippen LogP contribution is -2.15. The van der Waals surface area contributed by atoms with Crippen LogP contribution >= 0.6 is 11.6 Å². The molecule has 138 valence electrons. The average Bonchev–Trinajstić information content (AvgIpc) is 2.66. The molecule has 27 heavy (non-hydrogen) atoms. The highest BCUT2D eigenvalue weighted by molar-refractivity contribution is 6.31. The number of amides is 1. The van der Waals surface area contributed by atoms with E-state index in [-0.39, 0.29) is 11.6 Å². The van der Waals surface area contributed by atoms with Crippen LogP contribution in [0.1, 0.15) is 21.6 Å². The van der Waals surface area contributed by atoms with Gasteiger partial charge in [-0.15, -0.1) is 0 Å². The van der Waals surface area contributed by atoms with E-state index in [2.05, 4.69) is 20.6 Å². The number of nitrogens with one attached hydrogen (secondary N) is 2. The smallest absolute Gasteiger partial charge is 0.274 e. The van der Waals surface area contributed by atoms with Crippen molar-refractivity contribution in [3.05, 3.63) is 70.6 Å². The lowest BCUT2D eigenvalue weighted by atomic mass is 10.2. The molecule has 2 N–H and O–H groups in total. The fraction of sp³-hybridized carbons (Fsp3) is 0.150. The van der Waals surface area contributed by atoms with Crippen LogP contribution in [0.4, 0.5) is 17.2 Å². The van der Waals surface area contributed by atoms with E-state index in [1.165, 1.54) is 13.4 Å². The van der Waals surface area contributed by atoms with Gasteiger partial charge in [0.15, 0.2) is 0 Å². The molecule has 3 aromatic rings. The third kappa shape index (κ3) is 4.35. The van der Waals surface area contributed by atoms with Gasteiger partial charge in [-0.05, 0) is 37.1 Å². The number of halogens is 1. The predicted molar refractivity (Wildman–Crippen MR) is 107 cm³/mol. The van der Waals surface area contributed by atoms with Crippen molar-refractivity contribution in [2.45, 2.75) is 13.8 Å². The number of carbonyl (C=O) groups excluding carboxylic acids is 1. The first-order valence-corrected chi connectivity index (χ1v) is 8.66. The third-order valence-electron chi connectivity index (χ3n) is 4.04. The number of methoxy groups -OCH3 is 1. The van der Waals surface area contributed by atoms with Gasteiger partial charge in [-0.25, -0.2) is 9.97 Å². The largest absolute Gasteiger partial charge is 0.495 e. The molecule has 2 aromatic carbocycles. The highest BCUT2D eigenvalue weighted by Crippen LogP contribution is 2.31. The zero-order valence-electron chi connectivity index (χ0n) is 15.2. The number of nitrogens with zero attached hydrogens (tertiary/aromatic N) is 2. The molecule has 0 bridgehead atoms. The minimum absolute atomic E-state index is 0.232. The topological polar surface area (TPSA) is 76.1 Å². The van der Waals surface area contributed by atoms with E-state index in [9.17, 15) is 4.79 Å². The zero-order chi connectivity index (χ0) is 19.4. The van der Waals surface area contributed by atoms with Crippen molar-refractivity contribution in [1.82, 2.24) is 9.97 Å². The number of aromatic nitrogens is 2. The maximum atomic E-state index is 12.6. The van der Waals surface area contributed by atoms with Crippen LogP contribution in [0, 0.1) is 13.8 Å². The van der Waals surface area contributed by atoms with Crippen molar-refractivity contribution in [3.63, 3.8) is 0 Å². The van der Waals surface area contributed by atoms with Crippen molar-refractivity contribution in [1.29, 1.82) is 0 Å². The van der Waals surface area contributed by atoms with Crippen LogP contribution in [0.15, 0.2) is 48.8 Å². The molecule has 0 fully saturated rings. The molecule has 1 heterocycles. The number of benzene rings is 2. The fourth-order valence-electron chi connectivity index (χ4n) is 2.52. The molecule has 1 aromatic heterocycles. The van der Waals surface area contributed by atoms with Gasteiger partial charge in [-0.1, -0.05) is 29.8 Å². The molecule has 0 radical (unpaired) electrons. The summed E-state index contributed by atoms with van der Waals surface area (Å²) >= 11 is 6.11. The summed E-state index contributed by atoms with van der Waals surface area (Å²) in [7, 11) is 1.52. The van der Waals surface area contributed by atoms with Crippen LogP contribution in [0.2, 0.25) is 5.02 Å². The lowest BCUT2D eigenvalue weighted by Gasteiger charge is -2.12. The summed E-state index contributed by atoms with van der Waals surface area (Å²) in [5.74, 6) is 0.639. The number of para-hydroxylation sites is 1. The first-order valence-electron chi connectivity index (χ1n) is 8.28. The first-order chi connectivity index (χ1) is 13.0. The Labute approximate surface area is 162 Å². The van der Waals surface area contributed by atoms with Crippen molar-refractivity contribution < 1.29 is 9.53 Å². The molecule has 6 nitrogen and oxygen atoms in total. The van der Waals surface area contributed by atoms with E-state index in [0.717, 1.165) is 16.8 Å². The summed E-state index contributed by atoms with van der Waals surface area (Å²) in [5, 5.41) is 6.57. The lowest BCUT2D eigenvalue weighted by molar-refractivity contribution is 0.102. The third-order valence-corrected chi connectivity index (χ3v) is 4.44. The van der Waals surface area contributed by atoms with Crippen LogP contribution in [-0.4, -0.2) is 23.0 Å². The van der Waals surface area contributed by atoms with Crippen molar-refractivity contribution in [2.75, 3.05) is 17.7 Å². The second kappa shape index (κ2) is 8.05. The quantitative estimate of drug-likeness (QED) is 0.665. The van der Waals surface area contributed by atoms with E-state index in [0.29, 0.717) is 22.3 Å². The van der Waals surface area contributed by atoms with Gasteiger partial charge >= 0.3 is 0 Å². The van der Waals surface area contributed by atoms with Gasteiger partial charge < -0.3 is 15.4 Å². The molecule has 0 saturated carbocycles. The van der Waals surface area contributed by atoms with Crippen molar-refractivity contribution >= 4 is 34.7 Å². The van der Waals surface area contributed by atoms with Crippen molar-refractivity contribution in [2.24, 2.45) is 0 Å². The normalized spacial score (nSPS) is 10.4. The summed E-state index contributed by atoms with van der Waals surface area (Å²) in [6.45, 7) is 3.85. The number of hydrogen-bond donors (Lipinski definition) is 2. The average molecular weight is 383 g/mol. The van der Waals surface area contributed by atoms with Gasteiger partial charge in [0, 0.05) is 22.8 Å². The Morgan fingerprint density at radius 2 is 1.81 bits per heavy atom. The Morgan fingerprint density at radius 1 is 1.04 bits per heavy atom. The Balaban J connectivity index is 1.82. The molecule has 3 rings (SSSR count). The number of ether oxygens (including phenoxy) is 1. The van der Waals surface area contributed by atoms with Crippen LogP contribution in [0.5, 0.6) is 5.75 Å². The Kier molecular flexibility index (Phi) is 5.57. The number of aryl methyl sites for hydroxylation is 2. The minimum atomic E-state index is -0.370. The van der Waals surface area contributed by atoms with E-state index >= 15 is 0 Å². The zero-order valence-corrected chi connectivity index (χ0v) is 16.0. The highest BCUT2D eigenvalue weighted by Gasteiger charge is 2.14. The van der Waals surface area contributed by atoms with Gasteiger partial charge in [0.2, 0.25) is 0 Å². The van der Waals surface area contributed by atoms with E-state index in [4.69, 9.17) is 16.3 Å². The first kappa shape index (κ1) is 18.7. The van der Waals surface area contributed by atoms with E-state index in [1.54, 1.807) is 18.2 Å². The maximum Gasteiger partial charge on any atom is 0.274 e. The standard InChI is InChI=1S/C20H19ClN4O2/c1-12-6-4-5-7-15(12)24-19-10-17(22-11-23-19)20(26)25-16-8-13(2)14(21)9-18(16)27-3/h4-11H,1-3H3,(H,25,26)(H,22,23,24). The number of anilines is 3. The Bertz CT molecular complexity index is 991. The van der Waals surface area contributed by atoms with Gasteiger partial charge in [0.25, 0.3) is 5.91 Å². The van der Waals surface area contributed by atoms with Gasteiger partial charge in [-0.3, -0.25) is 4.79 Å². The van der Waals surface area contributed by atoms with E-state index < -0.39 is 0 Å². The SMILES string of the molecule is COc1cc(Cl)c(C)cc1NC(=O)c1cc(Nc2ccccc2C)ncn1. The van der Waals surface area contributed by atoms with E-state index in [1.807, 2.05) is 38.1 Å². The number of rotatable bonds is 5. The predicted octanol–water partition coefficient (Wildman–Crippen LogP) is 4.75. The molecule has 0 unspecified atom stereocenters. The van der Waals surface area contributed by atoms with Crippen LogP contribution < -0.4 is 15.4 Å². The number of carbonyl (C=O) groups is 1. The highest BCUT2D eigenvalue weighted by atomic mass is 35.5. The summed E-state index contributed by atoms with van der Waals surface area (Å²) in [6, 6.07) is 12.8. The Hall–Kier alpha value is -3.12. The second-order valence-corrected chi connectivity index (χ2v) is 6.39. The number of hydrogen-bond acceptors (Lipinski definition) is 5. The summed E-state index contributed by atoms with van der Waals surface area (Å²) in [5.41, 5.74) is 3.57. The molecule has 7 heteroatoms. The maximum absolute atomic E-state index is 12.6. The van der Waals surface area contributed by atoms with Gasteiger partial charge in [0.1, 0.15) is 23.6 Å². The molecule has 0 aliphatic heterocycles. The minimum Gasteiger partial charge on any atom is -0.495 e. The van der Waals surface area contributed by atoms with Crippen LogP contribution in [-0.2, 0) is 0 Å². The molecule has 0 aliphatic rings. The molecule has 1 amide bonds. The van der Waals surface area contributed by atoms with Crippen LogP contribution in [0.25, 0.3) is 0 Å². The molecule has 0 spiro atoms. The van der Waals surface area contributed by atoms with Gasteiger partial charge in [-0.2, -0.15) is 0 Å². The summed E-state index contributed by atoms with van der Waals surface area (Å²) < 4.78 is 5.29. The summed E-state index contributed by atoms with van der Waals surface area (Å²) in [6.07, 6.45) is 1.35. The monoisotopic (exact) mass is 382 g/mol. The molecular formula is C20H19ClN4O2.